The molecule has 1 aromatic carbocycles. The van der Waals surface area contributed by atoms with E-state index in [0.29, 0.717) is 12.4 Å². The highest BCUT2D eigenvalue weighted by molar-refractivity contribution is 5.82. The Balaban J connectivity index is 1.36. The molecule has 0 radical (unpaired) electrons. The van der Waals surface area contributed by atoms with Gasteiger partial charge in [0.05, 0.1) is 11.9 Å². The molecule has 1 aliphatic rings. The van der Waals surface area contributed by atoms with Crippen molar-refractivity contribution in [1.82, 2.24) is 24.4 Å². The number of imidazole rings is 1. The quantitative estimate of drug-likeness (QED) is 0.697. The van der Waals surface area contributed by atoms with Crippen molar-refractivity contribution >= 4 is 17.0 Å². The number of likely N-dealkylation sites (tertiary alicyclic amines) is 1. The molecule has 0 atom stereocenters. The second-order valence-corrected chi connectivity index (χ2v) is 7.26. The molecule has 27 heavy (non-hydrogen) atoms. The summed E-state index contributed by atoms with van der Waals surface area (Å²) in [5.74, 6) is 0.687. The van der Waals surface area contributed by atoms with Gasteiger partial charge in [0.2, 0.25) is 0 Å². The predicted octanol–water partition coefficient (Wildman–Crippen LogP) is 2.29. The Morgan fingerprint density at radius 2 is 1.89 bits per heavy atom. The normalized spacial score (nSPS) is 17.3. The van der Waals surface area contributed by atoms with E-state index in [1.54, 1.807) is 12.7 Å². The number of nitrogens with zero attached hydrogens (tertiary/aromatic N) is 5. The molecule has 0 amide bonds. The largest absolute Gasteiger partial charge is 0.388 e. The molecule has 0 bridgehead atoms. The van der Waals surface area contributed by atoms with Crippen molar-refractivity contribution in [2.24, 2.45) is 0 Å². The summed E-state index contributed by atoms with van der Waals surface area (Å²) in [7, 11) is 0. The maximum absolute atomic E-state index is 11.0. The highest BCUT2D eigenvalue weighted by atomic mass is 16.3. The molecule has 1 fully saturated rings. The number of aromatic nitrogens is 4. The van der Waals surface area contributed by atoms with Crippen LogP contribution in [0.5, 0.6) is 0 Å². The van der Waals surface area contributed by atoms with Gasteiger partial charge in [-0.3, -0.25) is 4.90 Å². The number of benzene rings is 1. The van der Waals surface area contributed by atoms with Crippen LogP contribution >= 0.6 is 0 Å². The Labute approximate surface area is 159 Å². The van der Waals surface area contributed by atoms with Crippen LogP contribution in [0.2, 0.25) is 0 Å². The fourth-order valence-corrected chi connectivity index (χ4v) is 3.64. The van der Waals surface area contributed by atoms with Crippen LogP contribution in [-0.2, 0) is 13.1 Å². The zero-order chi connectivity index (χ0) is 18.7. The minimum atomic E-state index is -0.724. The first-order chi connectivity index (χ1) is 13.2. The Morgan fingerprint density at radius 3 is 2.63 bits per heavy atom. The van der Waals surface area contributed by atoms with E-state index in [9.17, 15) is 5.11 Å². The number of nitrogens with one attached hydrogen (secondary N) is 1. The predicted molar refractivity (Wildman–Crippen MR) is 105 cm³/mol. The van der Waals surface area contributed by atoms with Crippen LogP contribution in [0.25, 0.3) is 11.2 Å². The van der Waals surface area contributed by atoms with Gasteiger partial charge < -0.3 is 15.0 Å². The highest BCUT2D eigenvalue weighted by Crippen LogP contribution is 2.25. The first-order valence-electron chi connectivity index (χ1n) is 9.55. The molecule has 1 saturated heterocycles. The summed E-state index contributed by atoms with van der Waals surface area (Å²) < 4.78 is 1.99. The third-order valence-electron chi connectivity index (χ3n) is 5.36. The molecule has 2 N–H and O–H groups in total. The molecule has 142 valence electrons. The van der Waals surface area contributed by atoms with Gasteiger partial charge in [-0.2, -0.15) is 0 Å². The first-order valence-corrected chi connectivity index (χ1v) is 9.55. The smallest absolute Gasteiger partial charge is 0.165 e. The second-order valence-electron chi connectivity index (χ2n) is 7.26. The van der Waals surface area contributed by atoms with Crippen LogP contribution in [0.4, 0.5) is 5.82 Å². The van der Waals surface area contributed by atoms with Gasteiger partial charge in [0, 0.05) is 32.7 Å². The Bertz CT molecular complexity index is 886. The number of piperidine rings is 1. The maximum Gasteiger partial charge on any atom is 0.165 e. The van der Waals surface area contributed by atoms with Gasteiger partial charge in [-0.05, 0) is 25.3 Å². The van der Waals surface area contributed by atoms with Gasteiger partial charge >= 0.3 is 0 Å². The zero-order valence-corrected chi connectivity index (χ0v) is 15.7. The van der Waals surface area contributed by atoms with E-state index in [-0.39, 0.29) is 0 Å². The molecule has 3 aromatic rings. The van der Waals surface area contributed by atoms with Crippen LogP contribution < -0.4 is 5.32 Å². The summed E-state index contributed by atoms with van der Waals surface area (Å²) in [5.41, 5.74) is 2.16. The van der Waals surface area contributed by atoms with Crippen LogP contribution in [-0.4, -0.2) is 54.8 Å². The molecule has 0 aliphatic carbocycles. The van der Waals surface area contributed by atoms with Crippen molar-refractivity contribution in [2.45, 2.75) is 38.5 Å². The fourth-order valence-electron chi connectivity index (χ4n) is 3.64. The summed E-state index contributed by atoms with van der Waals surface area (Å²) in [6, 6.07) is 10.5. The molecule has 2 aromatic heterocycles. The van der Waals surface area contributed by atoms with Crippen LogP contribution in [0.3, 0.4) is 0 Å². The fraction of sp³-hybridized carbons (Fsp3) is 0.450. The van der Waals surface area contributed by atoms with E-state index < -0.39 is 5.60 Å². The molecule has 7 heteroatoms. The van der Waals surface area contributed by atoms with Crippen molar-refractivity contribution < 1.29 is 5.11 Å². The first kappa shape index (κ1) is 17.9. The SMILES string of the molecule is CCn1cnc2c(NCC3(O)CCN(Cc4ccccc4)CC3)ncnc21. The topological polar surface area (TPSA) is 79.1 Å². The molecule has 0 saturated carbocycles. The van der Waals surface area contributed by atoms with E-state index in [2.05, 4.69) is 56.4 Å². The molecule has 0 unspecified atom stereocenters. The molecular formula is C20H26N6O. The second kappa shape index (κ2) is 7.62. The number of aliphatic hydroxyl groups is 1. The average Bonchev–Trinajstić information content (AvgIpc) is 3.13. The standard InChI is InChI=1S/C20H26N6O/c1-2-26-15-24-17-18(22-14-23-19(17)26)21-13-20(27)8-10-25(11-9-20)12-16-6-4-3-5-7-16/h3-7,14-15,27H,2,8-13H2,1H3,(H,21,22,23). The van der Waals surface area contributed by atoms with Crippen LogP contribution in [0, 0.1) is 0 Å². The van der Waals surface area contributed by atoms with E-state index >= 15 is 0 Å². The Hall–Kier alpha value is -2.51. The molecule has 1 aliphatic heterocycles. The summed E-state index contributed by atoms with van der Waals surface area (Å²) in [6.07, 6.45) is 4.81. The van der Waals surface area contributed by atoms with E-state index in [0.717, 1.165) is 50.2 Å². The van der Waals surface area contributed by atoms with Gasteiger partial charge in [0.25, 0.3) is 0 Å². The lowest BCUT2D eigenvalue weighted by Crippen LogP contribution is -2.48. The minimum Gasteiger partial charge on any atom is -0.388 e. The monoisotopic (exact) mass is 366 g/mol. The van der Waals surface area contributed by atoms with E-state index in [1.165, 1.54) is 5.56 Å². The molecule has 0 spiro atoms. The van der Waals surface area contributed by atoms with Crippen molar-refractivity contribution in [2.75, 3.05) is 25.0 Å². The lowest BCUT2D eigenvalue weighted by atomic mass is 9.91. The van der Waals surface area contributed by atoms with Gasteiger partial charge in [0.15, 0.2) is 11.5 Å². The highest BCUT2D eigenvalue weighted by Gasteiger charge is 2.32. The van der Waals surface area contributed by atoms with Crippen LogP contribution in [0.1, 0.15) is 25.3 Å². The third kappa shape index (κ3) is 3.94. The number of hydrogen-bond donors (Lipinski definition) is 2. The van der Waals surface area contributed by atoms with Gasteiger partial charge in [-0.25, -0.2) is 15.0 Å². The Kier molecular flexibility index (Phi) is 5.05. The molecule has 3 heterocycles. The summed E-state index contributed by atoms with van der Waals surface area (Å²) in [6.45, 7) is 6.05. The summed E-state index contributed by atoms with van der Waals surface area (Å²) >= 11 is 0. The lowest BCUT2D eigenvalue weighted by molar-refractivity contribution is -0.0120. The van der Waals surface area contributed by atoms with Gasteiger partial charge in [-0.1, -0.05) is 30.3 Å². The van der Waals surface area contributed by atoms with Crippen molar-refractivity contribution in [3.05, 3.63) is 48.5 Å². The zero-order valence-electron chi connectivity index (χ0n) is 15.7. The number of anilines is 1. The van der Waals surface area contributed by atoms with Crippen molar-refractivity contribution in [3.63, 3.8) is 0 Å². The van der Waals surface area contributed by atoms with E-state index in [1.807, 2.05) is 10.6 Å². The van der Waals surface area contributed by atoms with Gasteiger partial charge in [0.1, 0.15) is 11.8 Å². The lowest BCUT2D eigenvalue weighted by Gasteiger charge is -2.38. The Morgan fingerprint density at radius 1 is 1.11 bits per heavy atom. The number of hydrogen-bond acceptors (Lipinski definition) is 6. The minimum absolute atomic E-state index is 0.470. The molecule has 4 rings (SSSR count). The van der Waals surface area contributed by atoms with Crippen molar-refractivity contribution in [1.29, 1.82) is 0 Å². The van der Waals surface area contributed by atoms with Crippen molar-refractivity contribution in [3.8, 4) is 0 Å². The number of aryl methyl sites for hydroxylation is 1. The molecular weight excluding hydrogens is 340 g/mol. The third-order valence-corrected chi connectivity index (χ3v) is 5.36. The average molecular weight is 366 g/mol. The summed E-state index contributed by atoms with van der Waals surface area (Å²) in [4.78, 5) is 15.5. The number of rotatable bonds is 6. The summed E-state index contributed by atoms with van der Waals surface area (Å²) in [5, 5.41) is 14.3. The maximum atomic E-state index is 11.0. The van der Waals surface area contributed by atoms with E-state index in [4.69, 9.17) is 0 Å². The number of fused-ring (bicyclic) bond motifs is 1. The van der Waals surface area contributed by atoms with Crippen LogP contribution in [0.15, 0.2) is 43.0 Å². The van der Waals surface area contributed by atoms with Gasteiger partial charge in [-0.15, -0.1) is 0 Å². The molecule has 7 nitrogen and oxygen atoms in total.